The number of ether oxygens (including phenoxy) is 1. The Morgan fingerprint density at radius 2 is 1.72 bits per heavy atom. The summed E-state index contributed by atoms with van der Waals surface area (Å²) in [4.78, 5) is 26.0. The van der Waals surface area contributed by atoms with Crippen LogP contribution in [0.15, 0.2) is 34.7 Å². The first kappa shape index (κ1) is 15.4. The minimum atomic E-state index is -0.384. The van der Waals surface area contributed by atoms with Crippen LogP contribution in [0.25, 0.3) is 11.0 Å². The quantitative estimate of drug-likeness (QED) is 0.611. The Kier molecular flexibility index (Phi) is 3.39. The highest BCUT2D eigenvalue weighted by molar-refractivity contribution is 6.32. The molecule has 1 N–H and O–H groups in total. The van der Waals surface area contributed by atoms with Crippen LogP contribution in [0.5, 0.6) is 11.5 Å². The molecule has 0 aliphatic heterocycles. The Balaban J connectivity index is 2.11. The number of aromatic hydroxyl groups is 1. The summed E-state index contributed by atoms with van der Waals surface area (Å²) < 4.78 is 11.5. The summed E-state index contributed by atoms with van der Waals surface area (Å²) >= 11 is 0. The number of furan rings is 1. The Morgan fingerprint density at radius 3 is 2.36 bits per heavy atom. The molecule has 0 spiro atoms. The predicted octanol–water partition coefficient (Wildman–Crippen LogP) is 4.01. The number of carbonyl (C=O) groups is 2. The van der Waals surface area contributed by atoms with Crippen molar-refractivity contribution in [3.63, 3.8) is 0 Å². The van der Waals surface area contributed by atoms with Gasteiger partial charge in [-0.15, -0.1) is 0 Å². The summed E-state index contributed by atoms with van der Waals surface area (Å²) in [5.41, 5.74) is 0.960. The van der Waals surface area contributed by atoms with Gasteiger partial charge in [0.25, 0.3) is 0 Å². The first-order valence-corrected chi connectivity index (χ1v) is 8.14. The van der Waals surface area contributed by atoms with Crippen molar-refractivity contribution in [2.45, 2.75) is 20.3 Å². The number of phenols is 1. The standard InChI is InChI=1S/C20H16O5/c1-3-8-24-20-15-14(18(23)13-9-10(2)25-19(13)20)16(21)11-6-4-5-7-12(11)17(15)22/h4-7,9,23H,3,8H2,1-2H3. The van der Waals surface area contributed by atoms with Crippen LogP contribution < -0.4 is 4.74 Å². The monoisotopic (exact) mass is 336 g/mol. The molecule has 1 heterocycles. The Labute approximate surface area is 143 Å². The number of ketones is 2. The predicted molar refractivity (Wildman–Crippen MR) is 91.7 cm³/mol. The van der Waals surface area contributed by atoms with E-state index in [0.29, 0.717) is 28.9 Å². The van der Waals surface area contributed by atoms with Gasteiger partial charge < -0.3 is 14.3 Å². The summed E-state index contributed by atoms with van der Waals surface area (Å²) in [6, 6.07) is 8.24. The van der Waals surface area contributed by atoms with Crippen LogP contribution in [-0.2, 0) is 0 Å². The van der Waals surface area contributed by atoms with E-state index in [2.05, 4.69) is 0 Å². The summed E-state index contributed by atoms with van der Waals surface area (Å²) in [7, 11) is 0. The summed E-state index contributed by atoms with van der Waals surface area (Å²) in [5.74, 6) is -0.178. The van der Waals surface area contributed by atoms with E-state index in [1.165, 1.54) is 0 Å². The van der Waals surface area contributed by atoms with Crippen molar-refractivity contribution in [2.75, 3.05) is 6.61 Å². The fourth-order valence-electron chi connectivity index (χ4n) is 3.27. The average Bonchev–Trinajstić information content (AvgIpc) is 3.01. The van der Waals surface area contributed by atoms with Crippen molar-refractivity contribution < 1.29 is 23.8 Å². The van der Waals surface area contributed by atoms with Crippen LogP contribution in [0, 0.1) is 6.92 Å². The average molecular weight is 336 g/mol. The number of phenolic OH excluding ortho intramolecular Hbond substituents is 1. The van der Waals surface area contributed by atoms with Gasteiger partial charge in [0.05, 0.1) is 23.1 Å². The van der Waals surface area contributed by atoms with Crippen molar-refractivity contribution in [2.24, 2.45) is 0 Å². The first-order valence-electron chi connectivity index (χ1n) is 8.14. The van der Waals surface area contributed by atoms with E-state index >= 15 is 0 Å². The molecule has 0 radical (unpaired) electrons. The Morgan fingerprint density at radius 1 is 1.08 bits per heavy atom. The minimum Gasteiger partial charge on any atom is -0.506 e. The molecule has 0 amide bonds. The van der Waals surface area contributed by atoms with Crippen LogP contribution in [0.4, 0.5) is 0 Å². The summed E-state index contributed by atoms with van der Waals surface area (Å²) in [6.07, 6.45) is 0.732. The molecule has 5 nitrogen and oxygen atoms in total. The molecule has 4 rings (SSSR count). The van der Waals surface area contributed by atoms with E-state index < -0.39 is 0 Å². The van der Waals surface area contributed by atoms with Gasteiger partial charge >= 0.3 is 0 Å². The third kappa shape index (κ3) is 2.09. The zero-order valence-electron chi connectivity index (χ0n) is 13.9. The van der Waals surface area contributed by atoms with E-state index in [0.717, 1.165) is 6.42 Å². The fraction of sp³-hybridized carbons (Fsp3) is 0.200. The maximum Gasteiger partial charge on any atom is 0.198 e. The van der Waals surface area contributed by atoms with Crippen molar-refractivity contribution in [3.05, 3.63) is 58.3 Å². The maximum absolute atomic E-state index is 13.1. The van der Waals surface area contributed by atoms with Gasteiger partial charge in [-0.2, -0.15) is 0 Å². The van der Waals surface area contributed by atoms with Crippen LogP contribution in [0.1, 0.15) is 50.9 Å². The van der Waals surface area contributed by atoms with E-state index in [9.17, 15) is 14.7 Å². The molecular weight excluding hydrogens is 320 g/mol. The zero-order chi connectivity index (χ0) is 17.7. The lowest BCUT2D eigenvalue weighted by Crippen LogP contribution is -2.22. The van der Waals surface area contributed by atoms with Crippen molar-refractivity contribution in [1.82, 2.24) is 0 Å². The summed E-state index contributed by atoms with van der Waals surface area (Å²) in [6.45, 7) is 4.05. The van der Waals surface area contributed by atoms with Gasteiger partial charge in [-0.1, -0.05) is 31.2 Å². The molecule has 0 unspecified atom stereocenters. The molecule has 2 aromatic carbocycles. The van der Waals surface area contributed by atoms with Crippen LogP contribution in [0.2, 0.25) is 0 Å². The number of benzene rings is 2. The molecule has 25 heavy (non-hydrogen) atoms. The minimum absolute atomic E-state index is 0.0110. The number of hydrogen-bond acceptors (Lipinski definition) is 5. The number of carbonyl (C=O) groups excluding carboxylic acids is 2. The van der Waals surface area contributed by atoms with Crippen LogP contribution in [-0.4, -0.2) is 23.3 Å². The van der Waals surface area contributed by atoms with Gasteiger partial charge in [-0.25, -0.2) is 0 Å². The lowest BCUT2D eigenvalue weighted by atomic mass is 9.82. The first-order chi connectivity index (χ1) is 12.0. The van der Waals surface area contributed by atoms with E-state index in [-0.39, 0.29) is 39.8 Å². The second-order valence-electron chi connectivity index (χ2n) is 6.08. The van der Waals surface area contributed by atoms with Crippen LogP contribution >= 0.6 is 0 Å². The van der Waals surface area contributed by atoms with E-state index in [1.807, 2.05) is 6.92 Å². The third-order valence-corrected chi connectivity index (χ3v) is 4.35. The molecule has 0 bridgehead atoms. The largest absolute Gasteiger partial charge is 0.506 e. The molecule has 0 saturated carbocycles. The lowest BCUT2D eigenvalue weighted by molar-refractivity contribution is 0.0973. The second-order valence-corrected chi connectivity index (χ2v) is 6.08. The van der Waals surface area contributed by atoms with Gasteiger partial charge in [0, 0.05) is 11.1 Å². The third-order valence-electron chi connectivity index (χ3n) is 4.35. The smallest absolute Gasteiger partial charge is 0.198 e. The molecule has 1 aliphatic carbocycles. The Hall–Kier alpha value is -3.08. The van der Waals surface area contributed by atoms with Gasteiger partial charge in [0.15, 0.2) is 22.9 Å². The molecule has 5 heteroatoms. The SMILES string of the molecule is CCCOc1c2c(c(O)c3cc(C)oc13)C(=O)c1ccccc1C2=O. The van der Waals surface area contributed by atoms with Crippen molar-refractivity contribution in [1.29, 1.82) is 0 Å². The summed E-state index contributed by atoms with van der Waals surface area (Å²) in [5, 5.41) is 11.1. The molecule has 0 fully saturated rings. The highest BCUT2D eigenvalue weighted by atomic mass is 16.5. The van der Waals surface area contributed by atoms with Crippen molar-refractivity contribution >= 4 is 22.5 Å². The Bertz CT molecular complexity index is 1040. The number of hydrogen-bond donors (Lipinski definition) is 1. The van der Waals surface area contributed by atoms with Gasteiger partial charge in [-0.3, -0.25) is 9.59 Å². The highest BCUT2D eigenvalue weighted by Gasteiger charge is 2.37. The topological polar surface area (TPSA) is 76.7 Å². The second kappa shape index (κ2) is 5.48. The molecule has 0 saturated heterocycles. The van der Waals surface area contributed by atoms with Gasteiger partial charge in [0.2, 0.25) is 0 Å². The normalized spacial score (nSPS) is 13.0. The molecule has 126 valence electrons. The van der Waals surface area contributed by atoms with E-state index in [1.54, 1.807) is 37.3 Å². The molecular formula is C20H16O5. The number of rotatable bonds is 3. The molecule has 0 atom stereocenters. The molecule has 1 aromatic heterocycles. The number of fused-ring (bicyclic) bond motifs is 3. The lowest BCUT2D eigenvalue weighted by Gasteiger charge is -2.21. The van der Waals surface area contributed by atoms with Crippen molar-refractivity contribution in [3.8, 4) is 11.5 Å². The number of aryl methyl sites for hydroxylation is 1. The van der Waals surface area contributed by atoms with Crippen LogP contribution in [0.3, 0.4) is 0 Å². The van der Waals surface area contributed by atoms with E-state index in [4.69, 9.17) is 9.15 Å². The fourth-order valence-corrected chi connectivity index (χ4v) is 3.27. The molecule has 3 aromatic rings. The highest BCUT2D eigenvalue weighted by Crippen LogP contribution is 2.45. The molecule has 1 aliphatic rings. The van der Waals surface area contributed by atoms with Gasteiger partial charge in [-0.05, 0) is 19.4 Å². The van der Waals surface area contributed by atoms with Gasteiger partial charge in [0.1, 0.15) is 11.5 Å². The maximum atomic E-state index is 13.1. The zero-order valence-corrected chi connectivity index (χ0v) is 13.9.